The molecule has 2 aromatic heterocycles. The molecule has 0 bridgehead atoms. The first kappa shape index (κ1) is 23.9. The summed E-state index contributed by atoms with van der Waals surface area (Å²) >= 11 is 0. The average molecular weight is 495 g/mol. The van der Waals surface area contributed by atoms with Crippen molar-refractivity contribution in [2.45, 2.75) is 43.9 Å². The van der Waals surface area contributed by atoms with E-state index >= 15 is 0 Å². The smallest absolute Gasteiger partial charge is 0.264 e. The van der Waals surface area contributed by atoms with Gasteiger partial charge in [0.2, 0.25) is 11.8 Å². The van der Waals surface area contributed by atoms with E-state index in [1.807, 2.05) is 0 Å². The highest BCUT2D eigenvalue weighted by Crippen LogP contribution is 2.34. The fraction of sp³-hybridized carbons (Fsp3) is 0.400. The van der Waals surface area contributed by atoms with Crippen molar-refractivity contribution in [3.63, 3.8) is 0 Å². The van der Waals surface area contributed by atoms with Gasteiger partial charge in [0.25, 0.3) is 5.56 Å². The minimum Gasteiger partial charge on any atom is -0.388 e. The Bertz CT molecular complexity index is 1410. The van der Waals surface area contributed by atoms with E-state index in [1.54, 1.807) is 24.0 Å². The first-order chi connectivity index (χ1) is 17.1. The minimum absolute atomic E-state index is 0.0247. The van der Waals surface area contributed by atoms with Crippen molar-refractivity contribution in [1.82, 2.24) is 29.1 Å². The topological polar surface area (TPSA) is 114 Å². The lowest BCUT2D eigenvalue weighted by molar-refractivity contribution is -0.164. The molecule has 1 N–H and O–H groups in total. The van der Waals surface area contributed by atoms with Crippen LogP contribution >= 0.6 is 0 Å². The summed E-state index contributed by atoms with van der Waals surface area (Å²) in [4.78, 5) is 45.9. The van der Waals surface area contributed by atoms with E-state index in [0.29, 0.717) is 37.4 Å². The molecule has 0 spiro atoms. The van der Waals surface area contributed by atoms with Gasteiger partial charge in [-0.3, -0.25) is 19.0 Å². The fourth-order valence-electron chi connectivity index (χ4n) is 5.02. The van der Waals surface area contributed by atoms with Gasteiger partial charge in [-0.05, 0) is 56.5 Å². The van der Waals surface area contributed by atoms with Gasteiger partial charge < -0.3 is 14.9 Å². The highest BCUT2D eigenvalue weighted by molar-refractivity contribution is 5.96. The molecule has 2 aliphatic rings. The Labute approximate surface area is 206 Å². The maximum Gasteiger partial charge on any atom is 0.264 e. The van der Waals surface area contributed by atoms with Crippen LogP contribution in [0.3, 0.4) is 0 Å². The van der Waals surface area contributed by atoms with E-state index in [1.165, 1.54) is 44.9 Å². The number of hydrogen-bond acceptors (Lipinski definition) is 6. The third-order valence-electron chi connectivity index (χ3n) is 7.39. The summed E-state index contributed by atoms with van der Waals surface area (Å²) in [5, 5.41) is 15.7. The summed E-state index contributed by atoms with van der Waals surface area (Å²) in [6.07, 6.45) is 5.14. The number of aliphatic hydroxyl groups is 1. The fourth-order valence-corrected chi connectivity index (χ4v) is 5.02. The number of carbonyl (C=O) groups excluding carboxylic acids is 2. The van der Waals surface area contributed by atoms with Crippen LogP contribution in [-0.4, -0.2) is 76.8 Å². The average Bonchev–Trinajstić information content (AvgIpc) is 3.30. The quantitative estimate of drug-likeness (QED) is 0.534. The normalized spacial score (nSPS) is 21.3. The molecule has 3 aromatic rings. The third kappa shape index (κ3) is 3.89. The van der Waals surface area contributed by atoms with Crippen molar-refractivity contribution in [3.05, 3.63) is 65.6 Å². The Kier molecular flexibility index (Phi) is 5.74. The SMILES string of the molecule is C=CC(=O)N1CC[C@@]1(C)C(=O)N1CCC(O)(Cn2cnc3c(cnn3-c3ccc(F)cc3)c2=O)CC1. The summed E-state index contributed by atoms with van der Waals surface area (Å²) in [5.41, 5.74) is -1.53. The summed E-state index contributed by atoms with van der Waals surface area (Å²) in [6.45, 7) is 6.43. The molecule has 0 unspecified atom stereocenters. The van der Waals surface area contributed by atoms with E-state index in [4.69, 9.17) is 0 Å². The second kappa shape index (κ2) is 8.66. The number of carbonyl (C=O) groups is 2. The molecule has 5 rings (SSSR count). The van der Waals surface area contributed by atoms with Crippen molar-refractivity contribution in [1.29, 1.82) is 0 Å². The first-order valence-corrected chi connectivity index (χ1v) is 11.8. The van der Waals surface area contributed by atoms with Crippen LogP contribution in [0.5, 0.6) is 0 Å². The van der Waals surface area contributed by atoms with E-state index in [9.17, 15) is 23.9 Å². The van der Waals surface area contributed by atoms with Crippen LogP contribution < -0.4 is 5.56 Å². The zero-order chi connectivity index (χ0) is 25.7. The first-order valence-electron chi connectivity index (χ1n) is 11.8. The molecule has 2 aliphatic heterocycles. The van der Waals surface area contributed by atoms with Crippen LogP contribution in [0.25, 0.3) is 16.7 Å². The van der Waals surface area contributed by atoms with Crippen LogP contribution in [0, 0.1) is 5.82 Å². The van der Waals surface area contributed by atoms with E-state index in [2.05, 4.69) is 16.7 Å². The Morgan fingerprint density at radius 3 is 2.47 bits per heavy atom. The molecule has 2 amide bonds. The molecule has 10 nitrogen and oxygen atoms in total. The van der Waals surface area contributed by atoms with Gasteiger partial charge in [-0.1, -0.05) is 6.58 Å². The molecule has 0 saturated carbocycles. The van der Waals surface area contributed by atoms with E-state index < -0.39 is 11.1 Å². The lowest BCUT2D eigenvalue weighted by atomic mass is 9.83. The van der Waals surface area contributed by atoms with Crippen LogP contribution in [0.4, 0.5) is 4.39 Å². The highest BCUT2D eigenvalue weighted by atomic mass is 19.1. The number of fused-ring (bicyclic) bond motifs is 1. The molecular weight excluding hydrogens is 467 g/mol. The maximum absolute atomic E-state index is 13.3. The number of nitrogens with zero attached hydrogens (tertiary/aromatic N) is 6. The molecule has 2 fully saturated rings. The Balaban J connectivity index is 1.29. The summed E-state index contributed by atoms with van der Waals surface area (Å²) in [7, 11) is 0. The molecule has 0 aliphatic carbocycles. The summed E-state index contributed by atoms with van der Waals surface area (Å²) in [6, 6.07) is 5.69. The lowest BCUT2D eigenvalue weighted by Crippen LogP contribution is -2.68. The largest absolute Gasteiger partial charge is 0.388 e. The lowest BCUT2D eigenvalue weighted by Gasteiger charge is -2.51. The number of benzene rings is 1. The molecule has 0 radical (unpaired) electrons. The zero-order valence-corrected chi connectivity index (χ0v) is 19.9. The molecule has 2 saturated heterocycles. The Hall–Kier alpha value is -3.86. The molecule has 36 heavy (non-hydrogen) atoms. The van der Waals surface area contributed by atoms with Crippen LogP contribution in [0.2, 0.25) is 0 Å². The van der Waals surface area contributed by atoms with Crippen molar-refractivity contribution in [2.24, 2.45) is 0 Å². The highest BCUT2D eigenvalue weighted by Gasteiger charge is 2.51. The van der Waals surface area contributed by atoms with Gasteiger partial charge >= 0.3 is 0 Å². The second-order valence-electron chi connectivity index (χ2n) is 9.68. The van der Waals surface area contributed by atoms with Crippen molar-refractivity contribution >= 4 is 22.8 Å². The monoisotopic (exact) mass is 494 g/mol. The minimum atomic E-state index is -1.19. The molecule has 188 valence electrons. The van der Waals surface area contributed by atoms with Crippen molar-refractivity contribution in [3.8, 4) is 5.69 Å². The van der Waals surface area contributed by atoms with Crippen LogP contribution in [0.1, 0.15) is 26.2 Å². The zero-order valence-electron chi connectivity index (χ0n) is 19.9. The van der Waals surface area contributed by atoms with Crippen molar-refractivity contribution in [2.75, 3.05) is 19.6 Å². The number of hydrogen-bond donors (Lipinski definition) is 1. The molecule has 11 heteroatoms. The summed E-state index contributed by atoms with van der Waals surface area (Å²) in [5.74, 6) is -0.786. The molecule has 4 heterocycles. The number of aromatic nitrogens is 4. The molecule has 1 aromatic carbocycles. The van der Waals surface area contributed by atoms with Crippen molar-refractivity contribution < 1.29 is 19.1 Å². The predicted molar refractivity (Wildman–Crippen MR) is 129 cm³/mol. The van der Waals surface area contributed by atoms with Gasteiger partial charge in [-0.15, -0.1) is 0 Å². The van der Waals surface area contributed by atoms with E-state index in [-0.39, 0.29) is 48.0 Å². The standard InChI is InChI=1S/C25H27FN6O4/c1-3-20(33)31-13-8-24(31,2)23(35)29-11-9-25(36,10-12-29)15-30-16-27-21-19(22(30)34)14-28-32(21)18-6-4-17(26)5-7-18/h3-7,14,16,36H,1,8-13,15H2,2H3/t24-/m0/s1. The van der Waals surface area contributed by atoms with Gasteiger partial charge in [0.1, 0.15) is 23.1 Å². The second-order valence-corrected chi connectivity index (χ2v) is 9.68. The number of amides is 2. The molecule has 1 atom stereocenters. The van der Waals surface area contributed by atoms with E-state index in [0.717, 1.165) is 0 Å². The van der Waals surface area contributed by atoms with Gasteiger partial charge in [0, 0.05) is 19.6 Å². The summed E-state index contributed by atoms with van der Waals surface area (Å²) < 4.78 is 16.1. The molecular formula is C25H27FN6O4. The maximum atomic E-state index is 13.3. The number of rotatable bonds is 5. The Morgan fingerprint density at radius 2 is 1.86 bits per heavy atom. The number of likely N-dealkylation sites (tertiary alicyclic amines) is 2. The third-order valence-corrected chi connectivity index (χ3v) is 7.39. The van der Waals surface area contributed by atoms with Gasteiger partial charge in [-0.2, -0.15) is 5.10 Å². The number of halogens is 1. The number of piperidine rings is 1. The predicted octanol–water partition coefficient (Wildman–Crippen LogP) is 1.25. The van der Waals surface area contributed by atoms with Gasteiger partial charge in [-0.25, -0.2) is 14.1 Å². The van der Waals surface area contributed by atoms with Gasteiger partial charge in [0.15, 0.2) is 5.65 Å². The van der Waals surface area contributed by atoms with Crippen LogP contribution in [0.15, 0.2) is 54.2 Å². The van der Waals surface area contributed by atoms with Gasteiger partial charge in [0.05, 0.1) is 24.0 Å². The Morgan fingerprint density at radius 1 is 1.17 bits per heavy atom. The van der Waals surface area contributed by atoms with Crippen LogP contribution in [-0.2, 0) is 16.1 Å².